The van der Waals surface area contributed by atoms with Crippen LogP contribution in [-0.4, -0.2) is 56.3 Å². The number of benzene rings is 1. The second-order valence-electron chi connectivity index (χ2n) is 10.9. The van der Waals surface area contributed by atoms with Crippen LogP contribution in [-0.2, 0) is 9.53 Å². The fourth-order valence-electron chi connectivity index (χ4n) is 5.28. The minimum absolute atomic E-state index is 0.0182. The molecule has 1 saturated heterocycles. The second-order valence-corrected chi connectivity index (χ2v) is 10.9. The molecule has 1 amide bonds. The van der Waals surface area contributed by atoms with Crippen LogP contribution >= 0.6 is 0 Å². The standard InChI is InChI=1S/C29H38N4O5/c1-6-18(15-26(34)35)19-8-11-24(25(14-19)32-21-16-30-27(31-17-21)37-7-2)20-12-22-9-10-23(13-20)33(22)28(36)38-29(3,4)5/h8,11-12,14,16-18,22-23,32H,6-7,9-10,13,15H2,1-5H3,(H,34,35). The first-order chi connectivity index (χ1) is 18.1. The lowest BCUT2D eigenvalue weighted by atomic mass is 9.88. The summed E-state index contributed by atoms with van der Waals surface area (Å²) in [6.45, 7) is 10.0. The highest BCUT2D eigenvalue weighted by Crippen LogP contribution is 2.42. The molecule has 2 N–H and O–H groups in total. The van der Waals surface area contributed by atoms with Gasteiger partial charge in [-0.1, -0.05) is 25.1 Å². The highest BCUT2D eigenvalue weighted by atomic mass is 16.6. The molecule has 4 rings (SSSR count). The molecule has 0 radical (unpaired) electrons. The number of ether oxygens (including phenoxy) is 2. The second kappa shape index (κ2) is 11.4. The highest BCUT2D eigenvalue weighted by Gasteiger charge is 2.42. The summed E-state index contributed by atoms with van der Waals surface area (Å²) < 4.78 is 11.1. The van der Waals surface area contributed by atoms with Crippen molar-refractivity contribution < 1.29 is 24.2 Å². The number of hydrogen-bond donors (Lipinski definition) is 2. The first-order valence-electron chi connectivity index (χ1n) is 13.4. The van der Waals surface area contributed by atoms with Crippen molar-refractivity contribution in [3.63, 3.8) is 0 Å². The summed E-state index contributed by atoms with van der Waals surface area (Å²) in [5.41, 5.74) is 4.16. The molecule has 0 aliphatic carbocycles. The molecule has 2 aliphatic heterocycles. The van der Waals surface area contributed by atoms with Crippen molar-refractivity contribution in [2.24, 2.45) is 0 Å². The number of carboxylic acid groups (broad SMARTS) is 1. The number of hydrogen-bond acceptors (Lipinski definition) is 7. The molecule has 2 aromatic rings. The molecule has 0 saturated carbocycles. The van der Waals surface area contributed by atoms with Crippen LogP contribution in [0, 0.1) is 0 Å². The maximum absolute atomic E-state index is 12.9. The normalized spacial score (nSPS) is 19.5. The zero-order chi connectivity index (χ0) is 27.4. The van der Waals surface area contributed by atoms with Crippen LogP contribution in [0.15, 0.2) is 36.7 Å². The van der Waals surface area contributed by atoms with Gasteiger partial charge < -0.3 is 19.9 Å². The molecule has 3 heterocycles. The molecule has 2 bridgehead atoms. The van der Waals surface area contributed by atoms with Gasteiger partial charge in [0.15, 0.2) is 0 Å². The van der Waals surface area contributed by atoms with Crippen LogP contribution in [0.2, 0.25) is 0 Å². The minimum Gasteiger partial charge on any atom is -0.481 e. The van der Waals surface area contributed by atoms with Crippen LogP contribution in [0.3, 0.4) is 0 Å². The average molecular weight is 523 g/mol. The molecule has 9 heteroatoms. The molecule has 2 aliphatic rings. The number of anilines is 2. The van der Waals surface area contributed by atoms with Gasteiger partial charge in [-0.05, 0) is 76.5 Å². The Labute approximate surface area is 224 Å². The van der Waals surface area contributed by atoms with Crippen molar-refractivity contribution in [2.45, 2.75) is 90.3 Å². The minimum atomic E-state index is -0.816. The summed E-state index contributed by atoms with van der Waals surface area (Å²) in [4.78, 5) is 34.8. The number of aliphatic carboxylic acids is 1. The monoisotopic (exact) mass is 522 g/mol. The lowest BCUT2D eigenvalue weighted by Crippen LogP contribution is -2.45. The first-order valence-corrected chi connectivity index (χ1v) is 13.4. The smallest absolute Gasteiger partial charge is 0.411 e. The van der Waals surface area contributed by atoms with Crippen molar-refractivity contribution in [1.29, 1.82) is 0 Å². The lowest BCUT2D eigenvalue weighted by Gasteiger charge is -2.35. The van der Waals surface area contributed by atoms with Crippen LogP contribution in [0.1, 0.15) is 83.8 Å². The quantitative estimate of drug-likeness (QED) is 0.404. The largest absolute Gasteiger partial charge is 0.481 e. The molecule has 1 fully saturated rings. The number of aromatic nitrogens is 2. The van der Waals surface area contributed by atoms with Gasteiger partial charge in [-0.2, -0.15) is 0 Å². The van der Waals surface area contributed by atoms with Crippen molar-refractivity contribution in [3.8, 4) is 6.01 Å². The summed E-state index contributed by atoms with van der Waals surface area (Å²) in [6.07, 6.45) is 8.59. The average Bonchev–Trinajstić information content (AvgIpc) is 3.12. The van der Waals surface area contributed by atoms with E-state index in [2.05, 4.69) is 27.4 Å². The van der Waals surface area contributed by atoms with Crippen LogP contribution in [0.4, 0.5) is 16.2 Å². The predicted molar refractivity (Wildman–Crippen MR) is 146 cm³/mol. The molecular formula is C29H38N4O5. The maximum Gasteiger partial charge on any atom is 0.411 e. The van der Waals surface area contributed by atoms with E-state index in [4.69, 9.17) is 9.47 Å². The van der Waals surface area contributed by atoms with Crippen molar-refractivity contribution in [3.05, 3.63) is 47.8 Å². The Kier molecular flexibility index (Phi) is 8.23. The van der Waals surface area contributed by atoms with E-state index in [0.29, 0.717) is 18.3 Å². The zero-order valence-corrected chi connectivity index (χ0v) is 22.9. The SMILES string of the molecule is CCOc1ncc(Nc2cc(C(CC)CC(=O)O)ccc2C2=CC3CCC(C2)N3C(=O)OC(C)(C)C)cn1. The van der Waals surface area contributed by atoms with Crippen molar-refractivity contribution in [2.75, 3.05) is 11.9 Å². The number of nitrogens with one attached hydrogen (secondary N) is 1. The number of fused-ring (bicyclic) bond motifs is 2. The number of carboxylic acids is 1. The Morgan fingerprint density at radius 3 is 2.53 bits per heavy atom. The van der Waals surface area contributed by atoms with Gasteiger partial charge >= 0.3 is 18.1 Å². The number of rotatable bonds is 9. The van der Waals surface area contributed by atoms with E-state index in [-0.39, 0.29) is 30.5 Å². The third-order valence-electron chi connectivity index (χ3n) is 6.96. The number of nitrogens with zero attached hydrogens (tertiary/aromatic N) is 3. The summed E-state index contributed by atoms with van der Waals surface area (Å²) in [6, 6.07) is 6.49. The Morgan fingerprint density at radius 2 is 1.92 bits per heavy atom. The highest BCUT2D eigenvalue weighted by molar-refractivity contribution is 5.82. The van der Waals surface area contributed by atoms with Crippen molar-refractivity contribution in [1.82, 2.24) is 14.9 Å². The Bertz CT molecular complexity index is 1190. The molecule has 1 aromatic heterocycles. The van der Waals surface area contributed by atoms with E-state index in [1.54, 1.807) is 12.4 Å². The van der Waals surface area contributed by atoms with E-state index in [1.807, 2.05) is 51.7 Å². The van der Waals surface area contributed by atoms with Gasteiger partial charge in [-0.25, -0.2) is 14.8 Å². The predicted octanol–water partition coefficient (Wildman–Crippen LogP) is 6.14. The van der Waals surface area contributed by atoms with E-state index < -0.39 is 11.6 Å². The van der Waals surface area contributed by atoms with Gasteiger partial charge in [-0.15, -0.1) is 0 Å². The Hall–Kier alpha value is -3.62. The third-order valence-corrected chi connectivity index (χ3v) is 6.96. The van der Waals surface area contributed by atoms with Crippen LogP contribution in [0.25, 0.3) is 5.57 Å². The van der Waals surface area contributed by atoms with Gasteiger partial charge in [-0.3, -0.25) is 9.69 Å². The molecule has 9 nitrogen and oxygen atoms in total. The fraction of sp³-hybridized carbons (Fsp3) is 0.517. The summed E-state index contributed by atoms with van der Waals surface area (Å²) in [5, 5.41) is 12.9. The van der Waals surface area contributed by atoms with E-state index >= 15 is 0 Å². The number of carbonyl (C=O) groups excluding carboxylic acids is 1. The summed E-state index contributed by atoms with van der Waals surface area (Å²) >= 11 is 0. The van der Waals surface area contributed by atoms with Gasteiger partial charge in [0.05, 0.1) is 37.2 Å². The molecule has 38 heavy (non-hydrogen) atoms. The van der Waals surface area contributed by atoms with Gasteiger partial charge in [0.25, 0.3) is 0 Å². The molecule has 3 atom stereocenters. The molecular weight excluding hydrogens is 484 g/mol. The maximum atomic E-state index is 12.9. The third kappa shape index (κ3) is 6.44. The van der Waals surface area contributed by atoms with Gasteiger partial charge in [0.2, 0.25) is 0 Å². The fourth-order valence-corrected chi connectivity index (χ4v) is 5.28. The molecule has 0 spiro atoms. The Balaban J connectivity index is 1.67. The van der Waals surface area contributed by atoms with Crippen LogP contribution < -0.4 is 10.1 Å². The number of amides is 1. The zero-order valence-electron chi connectivity index (χ0n) is 22.9. The van der Waals surface area contributed by atoms with Crippen LogP contribution in [0.5, 0.6) is 6.01 Å². The van der Waals surface area contributed by atoms with Gasteiger partial charge in [0.1, 0.15) is 5.60 Å². The molecule has 1 aromatic carbocycles. The summed E-state index contributed by atoms with van der Waals surface area (Å²) in [7, 11) is 0. The molecule has 204 valence electrons. The summed E-state index contributed by atoms with van der Waals surface area (Å²) in [5.74, 6) is -0.915. The number of carbonyl (C=O) groups is 2. The van der Waals surface area contributed by atoms with E-state index in [9.17, 15) is 14.7 Å². The van der Waals surface area contributed by atoms with E-state index in [0.717, 1.165) is 48.1 Å². The van der Waals surface area contributed by atoms with E-state index in [1.165, 1.54) is 0 Å². The van der Waals surface area contributed by atoms with Gasteiger partial charge in [0, 0.05) is 17.3 Å². The topological polar surface area (TPSA) is 114 Å². The first kappa shape index (κ1) is 27.4. The lowest BCUT2D eigenvalue weighted by molar-refractivity contribution is -0.137. The molecule has 3 unspecified atom stereocenters. The van der Waals surface area contributed by atoms with Crippen molar-refractivity contribution >= 4 is 29.0 Å². The Morgan fingerprint density at radius 1 is 1.18 bits per heavy atom.